The summed E-state index contributed by atoms with van der Waals surface area (Å²) in [4.78, 5) is 16.6. The Morgan fingerprint density at radius 3 is 2.35 bits per heavy atom. The lowest BCUT2D eigenvalue weighted by Gasteiger charge is -2.35. The molecule has 1 aromatic heterocycles. The van der Waals surface area contributed by atoms with E-state index >= 15 is 0 Å². The lowest BCUT2D eigenvalue weighted by molar-refractivity contribution is -0.142. The fourth-order valence-corrected chi connectivity index (χ4v) is 4.64. The van der Waals surface area contributed by atoms with Crippen molar-refractivity contribution in [2.45, 2.75) is 38.0 Å². The molecule has 2 fully saturated rings. The number of hydrogen-bond donors (Lipinski definition) is 0. The Kier molecular flexibility index (Phi) is 6.45. The second kappa shape index (κ2) is 8.81. The van der Waals surface area contributed by atoms with E-state index in [1.165, 1.54) is 0 Å². The first-order valence-electron chi connectivity index (χ1n) is 9.91. The van der Waals surface area contributed by atoms with E-state index in [4.69, 9.17) is 34.8 Å². The normalized spacial score (nSPS) is 17.9. The van der Waals surface area contributed by atoms with E-state index in [1.54, 1.807) is 17.0 Å². The van der Waals surface area contributed by atoms with Crippen molar-refractivity contribution >= 4 is 40.7 Å². The number of benzene rings is 1. The minimum Gasteiger partial charge on any atom is -0.339 e. The molecule has 1 aliphatic carbocycles. The highest BCUT2D eigenvalue weighted by Gasteiger charge is 2.42. The van der Waals surface area contributed by atoms with Gasteiger partial charge in [0.1, 0.15) is 6.54 Å². The van der Waals surface area contributed by atoms with Crippen LogP contribution < -0.4 is 0 Å². The maximum atomic E-state index is 13.2. The number of nitrogens with zero attached hydrogens (tertiary/aromatic N) is 4. The summed E-state index contributed by atoms with van der Waals surface area (Å²) in [5.74, 6) is -0.330. The van der Waals surface area contributed by atoms with Gasteiger partial charge in [-0.25, -0.2) is 0 Å². The van der Waals surface area contributed by atoms with Gasteiger partial charge in [0.05, 0.1) is 10.7 Å². The van der Waals surface area contributed by atoms with Crippen LogP contribution in [0.25, 0.3) is 0 Å². The summed E-state index contributed by atoms with van der Waals surface area (Å²) in [5, 5.41) is 4.42. The van der Waals surface area contributed by atoms with Crippen LogP contribution in [0.1, 0.15) is 35.7 Å². The fourth-order valence-electron chi connectivity index (χ4n) is 3.78. The summed E-state index contributed by atoms with van der Waals surface area (Å²) >= 11 is 18.1. The minimum atomic E-state index is -4.65. The molecule has 2 aromatic rings. The van der Waals surface area contributed by atoms with Gasteiger partial charge in [0, 0.05) is 48.7 Å². The van der Waals surface area contributed by atoms with Gasteiger partial charge in [-0.15, -0.1) is 0 Å². The predicted octanol–water partition coefficient (Wildman–Crippen LogP) is 5.08. The molecular weight excluding hydrogens is 476 g/mol. The molecular formula is C20H20Cl3F3N4O. The Balaban J connectivity index is 1.38. The third-order valence-electron chi connectivity index (χ3n) is 5.58. The van der Waals surface area contributed by atoms with Crippen LogP contribution in [-0.2, 0) is 24.1 Å². The highest BCUT2D eigenvalue weighted by molar-refractivity contribution is 6.35. The van der Waals surface area contributed by atoms with Crippen molar-refractivity contribution in [2.24, 2.45) is 0 Å². The van der Waals surface area contributed by atoms with Crippen molar-refractivity contribution in [3.05, 3.63) is 50.2 Å². The van der Waals surface area contributed by atoms with Crippen LogP contribution in [-0.4, -0.2) is 51.7 Å². The van der Waals surface area contributed by atoms with Gasteiger partial charge in [-0.1, -0.05) is 40.9 Å². The molecule has 0 atom stereocenters. The molecule has 2 aliphatic rings. The van der Waals surface area contributed by atoms with Gasteiger partial charge in [-0.3, -0.25) is 14.4 Å². The Labute approximate surface area is 192 Å². The molecule has 0 bridgehead atoms. The molecule has 0 spiro atoms. The molecule has 11 heteroatoms. The monoisotopic (exact) mass is 494 g/mol. The molecule has 1 aliphatic heterocycles. The summed E-state index contributed by atoms with van der Waals surface area (Å²) < 4.78 is 40.8. The topological polar surface area (TPSA) is 41.4 Å². The van der Waals surface area contributed by atoms with E-state index in [2.05, 4.69) is 10.00 Å². The van der Waals surface area contributed by atoms with Crippen molar-refractivity contribution in [3.8, 4) is 0 Å². The van der Waals surface area contributed by atoms with E-state index in [1.807, 2.05) is 6.07 Å². The Bertz CT molecular complexity index is 983. The molecule has 0 radical (unpaired) electrons. The maximum absolute atomic E-state index is 13.2. The summed E-state index contributed by atoms with van der Waals surface area (Å²) in [5.41, 5.74) is 0.151. The van der Waals surface area contributed by atoms with Gasteiger partial charge in [-0.2, -0.15) is 18.3 Å². The maximum Gasteiger partial charge on any atom is 0.436 e. The molecule has 1 aromatic carbocycles. The smallest absolute Gasteiger partial charge is 0.339 e. The quantitative estimate of drug-likeness (QED) is 0.581. The standard InChI is InChI=1S/C20H20Cl3F3N4O/c21-14-4-3-13(15(22)9-14)10-28-5-7-29(8-6-28)16(31)11-30-18(12-1-2-12)17(23)19(27-30)20(24,25)26/h3-4,9,12H,1-2,5-8,10-11H2. The SMILES string of the molecule is O=C(Cn1nc(C(F)(F)F)c(Cl)c1C1CC1)N1CCN(Cc2ccc(Cl)cc2Cl)CC1. The zero-order valence-corrected chi connectivity index (χ0v) is 18.7. The second-order valence-corrected chi connectivity index (χ2v) is 9.09. The molecule has 31 heavy (non-hydrogen) atoms. The van der Waals surface area contributed by atoms with Crippen molar-refractivity contribution in [2.75, 3.05) is 26.2 Å². The average molecular weight is 496 g/mol. The number of carbonyl (C=O) groups excluding carboxylic acids is 1. The van der Waals surface area contributed by atoms with Crippen LogP contribution in [0.3, 0.4) is 0 Å². The van der Waals surface area contributed by atoms with Crippen LogP contribution in [0.15, 0.2) is 18.2 Å². The number of amides is 1. The van der Waals surface area contributed by atoms with Crippen LogP contribution >= 0.6 is 34.8 Å². The van der Waals surface area contributed by atoms with Crippen LogP contribution in [0.4, 0.5) is 13.2 Å². The van der Waals surface area contributed by atoms with E-state index in [-0.39, 0.29) is 23.4 Å². The highest BCUT2D eigenvalue weighted by Crippen LogP contribution is 2.46. The summed E-state index contributed by atoms with van der Waals surface area (Å²) in [6.07, 6.45) is -3.14. The van der Waals surface area contributed by atoms with Crippen molar-refractivity contribution < 1.29 is 18.0 Å². The van der Waals surface area contributed by atoms with Crippen LogP contribution in [0.5, 0.6) is 0 Å². The fraction of sp³-hybridized carbons (Fsp3) is 0.500. The van der Waals surface area contributed by atoms with Gasteiger partial charge in [0.2, 0.25) is 5.91 Å². The van der Waals surface area contributed by atoms with E-state index in [0.29, 0.717) is 48.5 Å². The van der Waals surface area contributed by atoms with Gasteiger partial charge in [0.15, 0.2) is 5.69 Å². The first-order chi connectivity index (χ1) is 14.6. The first-order valence-corrected chi connectivity index (χ1v) is 11.0. The molecule has 2 heterocycles. The number of rotatable bonds is 5. The molecule has 0 N–H and O–H groups in total. The lowest BCUT2D eigenvalue weighted by atomic mass is 10.2. The van der Waals surface area contributed by atoms with E-state index < -0.39 is 11.9 Å². The Hall–Kier alpha value is -1.48. The van der Waals surface area contributed by atoms with Crippen molar-refractivity contribution in [1.82, 2.24) is 19.6 Å². The zero-order valence-electron chi connectivity index (χ0n) is 16.4. The molecule has 5 nitrogen and oxygen atoms in total. The number of aromatic nitrogens is 2. The number of carbonyl (C=O) groups is 1. The third kappa shape index (κ3) is 5.13. The van der Waals surface area contributed by atoms with E-state index in [0.717, 1.165) is 23.1 Å². The molecule has 1 amide bonds. The van der Waals surface area contributed by atoms with Crippen LogP contribution in [0.2, 0.25) is 15.1 Å². The summed E-state index contributed by atoms with van der Waals surface area (Å²) in [7, 11) is 0. The molecule has 168 valence electrons. The highest BCUT2D eigenvalue weighted by atomic mass is 35.5. The molecule has 4 rings (SSSR count). The van der Waals surface area contributed by atoms with Crippen molar-refractivity contribution in [3.63, 3.8) is 0 Å². The molecule has 1 saturated carbocycles. The van der Waals surface area contributed by atoms with E-state index in [9.17, 15) is 18.0 Å². The number of piperazine rings is 1. The first kappa shape index (κ1) is 22.7. The second-order valence-electron chi connectivity index (χ2n) is 7.87. The van der Waals surface area contributed by atoms with Crippen LogP contribution in [0, 0.1) is 0 Å². The number of hydrogen-bond acceptors (Lipinski definition) is 3. The number of halogens is 6. The average Bonchev–Trinajstić information content (AvgIpc) is 3.47. The number of alkyl halides is 3. The van der Waals surface area contributed by atoms with Gasteiger partial charge >= 0.3 is 6.18 Å². The predicted molar refractivity (Wildman–Crippen MR) is 113 cm³/mol. The van der Waals surface area contributed by atoms with Crippen molar-refractivity contribution in [1.29, 1.82) is 0 Å². The summed E-state index contributed by atoms with van der Waals surface area (Å²) in [6.45, 7) is 2.60. The summed E-state index contributed by atoms with van der Waals surface area (Å²) in [6, 6.07) is 5.35. The van der Waals surface area contributed by atoms with Gasteiger partial charge in [-0.05, 0) is 30.5 Å². The third-order valence-corrected chi connectivity index (χ3v) is 6.54. The Morgan fingerprint density at radius 1 is 1.10 bits per heavy atom. The molecule has 1 saturated heterocycles. The van der Waals surface area contributed by atoms with Gasteiger partial charge in [0.25, 0.3) is 0 Å². The Morgan fingerprint density at radius 2 is 1.77 bits per heavy atom. The minimum absolute atomic E-state index is 0.0649. The zero-order chi connectivity index (χ0) is 22.3. The lowest BCUT2D eigenvalue weighted by Crippen LogP contribution is -2.49. The molecule has 0 unspecified atom stereocenters. The van der Waals surface area contributed by atoms with Gasteiger partial charge < -0.3 is 4.90 Å². The largest absolute Gasteiger partial charge is 0.436 e.